The van der Waals surface area contributed by atoms with E-state index in [1.54, 1.807) is 48.7 Å². The molecule has 0 aliphatic carbocycles. The second-order valence-corrected chi connectivity index (χ2v) is 10.3. The molecule has 9 heteroatoms. The average molecular weight is 480 g/mol. The summed E-state index contributed by atoms with van der Waals surface area (Å²) in [6.07, 6.45) is 1.65. The van der Waals surface area contributed by atoms with Gasteiger partial charge in [-0.1, -0.05) is 6.07 Å². The Morgan fingerprint density at radius 3 is 2.18 bits per heavy atom. The number of carbonyl (C=O) groups is 1. The maximum Gasteiger partial charge on any atom is 0.261 e. The molecule has 0 radical (unpaired) electrons. The Labute approximate surface area is 200 Å². The molecule has 2 N–H and O–H groups in total. The number of hydrogen-bond acceptors (Lipinski definition) is 6. The van der Waals surface area contributed by atoms with Gasteiger partial charge in [-0.3, -0.25) is 9.52 Å². The molecule has 0 saturated carbocycles. The SMILES string of the molecule is Cc1ccc(S(=O)(=O)Nc2ccc(C(=O)Nc3ccc(N4CCN(C)CC4)nc3)cc2)cc1C. The summed E-state index contributed by atoms with van der Waals surface area (Å²) in [5.41, 5.74) is 3.33. The molecule has 34 heavy (non-hydrogen) atoms. The highest BCUT2D eigenvalue weighted by Crippen LogP contribution is 2.20. The number of pyridine rings is 1. The monoisotopic (exact) mass is 479 g/mol. The van der Waals surface area contributed by atoms with Crippen LogP contribution in [0.4, 0.5) is 17.2 Å². The predicted octanol–water partition coefficient (Wildman–Crippen LogP) is 3.50. The van der Waals surface area contributed by atoms with Crippen LogP contribution in [-0.4, -0.2) is 57.4 Å². The topological polar surface area (TPSA) is 94.6 Å². The fourth-order valence-electron chi connectivity index (χ4n) is 3.67. The summed E-state index contributed by atoms with van der Waals surface area (Å²) in [5.74, 6) is 0.601. The molecule has 4 rings (SSSR count). The van der Waals surface area contributed by atoms with E-state index in [9.17, 15) is 13.2 Å². The molecule has 1 saturated heterocycles. The van der Waals surface area contributed by atoms with Crippen LogP contribution in [0, 0.1) is 13.8 Å². The first kappa shape index (κ1) is 23.7. The van der Waals surface area contributed by atoms with E-state index in [0.29, 0.717) is 16.9 Å². The molecular formula is C25H29N5O3S. The van der Waals surface area contributed by atoms with Gasteiger partial charge in [-0.15, -0.1) is 0 Å². The highest BCUT2D eigenvalue weighted by atomic mass is 32.2. The Balaban J connectivity index is 1.38. The summed E-state index contributed by atoms with van der Waals surface area (Å²) >= 11 is 0. The molecule has 1 fully saturated rings. The van der Waals surface area contributed by atoms with Crippen molar-refractivity contribution < 1.29 is 13.2 Å². The number of nitrogens with one attached hydrogen (secondary N) is 2. The van der Waals surface area contributed by atoms with Crippen LogP contribution >= 0.6 is 0 Å². The van der Waals surface area contributed by atoms with Crippen molar-refractivity contribution in [3.8, 4) is 0 Å². The molecule has 1 aliphatic rings. The first-order chi connectivity index (χ1) is 16.2. The number of aromatic nitrogens is 1. The lowest BCUT2D eigenvalue weighted by molar-refractivity contribution is 0.102. The summed E-state index contributed by atoms with van der Waals surface area (Å²) in [6, 6.07) is 15.1. The van der Waals surface area contributed by atoms with Crippen LogP contribution in [0.1, 0.15) is 21.5 Å². The molecule has 2 aromatic carbocycles. The second kappa shape index (κ2) is 9.82. The lowest BCUT2D eigenvalue weighted by atomic mass is 10.1. The van der Waals surface area contributed by atoms with Gasteiger partial charge in [-0.2, -0.15) is 0 Å². The van der Waals surface area contributed by atoms with E-state index >= 15 is 0 Å². The molecule has 1 aliphatic heterocycles. The second-order valence-electron chi connectivity index (χ2n) is 8.58. The van der Waals surface area contributed by atoms with Gasteiger partial charge in [0.1, 0.15) is 5.82 Å². The fourth-order valence-corrected chi connectivity index (χ4v) is 4.81. The van der Waals surface area contributed by atoms with Crippen molar-refractivity contribution in [1.82, 2.24) is 9.88 Å². The van der Waals surface area contributed by atoms with Crippen LogP contribution in [0.15, 0.2) is 65.7 Å². The molecule has 2 heterocycles. The number of amides is 1. The third-order valence-electron chi connectivity index (χ3n) is 6.02. The van der Waals surface area contributed by atoms with Gasteiger partial charge >= 0.3 is 0 Å². The Bertz CT molecular complexity index is 1270. The van der Waals surface area contributed by atoms with Gasteiger partial charge in [0, 0.05) is 37.4 Å². The van der Waals surface area contributed by atoms with Gasteiger partial charge < -0.3 is 15.1 Å². The smallest absolute Gasteiger partial charge is 0.261 e. The first-order valence-corrected chi connectivity index (χ1v) is 12.6. The van der Waals surface area contributed by atoms with Crippen LogP contribution in [-0.2, 0) is 10.0 Å². The summed E-state index contributed by atoms with van der Waals surface area (Å²) in [7, 11) is -1.61. The number of aryl methyl sites for hydroxylation is 2. The van der Waals surface area contributed by atoms with Crippen molar-refractivity contribution in [2.75, 3.05) is 48.2 Å². The van der Waals surface area contributed by atoms with Crippen molar-refractivity contribution in [2.45, 2.75) is 18.7 Å². The van der Waals surface area contributed by atoms with Crippen molar-refractivity contribution in [2.24, 2.45) is 0 Å². The summed E-state index contributed by atoms with van der Waals surface area (Å²) in [4.78, 5) is 21.8. The molecule has 1 aromatic heterocycles. The number of piperazine rings is 1. The molecule has 3 aromatic rings. The third-order valence-corrected chi connectivity index (χ3v) is 7.40. The molecule has 178 valence electrons. The van der Waals surface area contributed by atoms with Gasteiger partial charge in [0.15, 0.2) is 0 Å². The van der Waals surface area contributed by atoms with E-state index in [1.807, 2.05) is 26.0 Å². The molecule has 0 spiro atoms. The van der Waals surface area contributed by atoms with Gasteiger partial charge in [0.05, 0.1) is 16.8 Å². The van der Waals surface area contributed by atoms with E-state index in [0.717, 1.165) is 43.1 Å². The molecule has 0 atom stereocenters. The Morgan fingerprint density at radius 2 is 1.56 bits per heavy atom. The number of benzene rings is 2. The Kier molecular flexibility index (Phi) is 6.85. The average Bonchev–Trinajstić information content (AvgIpc) is 2.82. The van der Waals surface area contributed by atoms with Crippen LogP contribution in [0.3, 0.4) is 0 Å². The van der Waals surface area contributed by atoms with Crippen molar-refractivity contribution in [3.63, 3.8) is 0 Å². The minimum Gasteiger partial charge on any atom is -0.354 e. The maximum atomic E-state index is 12.7. The summed E-state index contributed by atoms with van der Waals surface area (Å²) < 4.78 is 27.9. The Morgan fingerprint density at radius 1 is 0.882 bits per heavy atom. The molecular weight excluding hydrogens is 450 g/mol. The predicted molar refractivity (Wildman–Crippen MR) is 135 cm³/mol. The van der Waals surface area contributed by atoms with E-state index in [2.05, 4.69) is 31.9 Å². The van der Waals surface area contributed by atoms with Crippen molar-refractivity contribution in [1.29, 1.82) is 0 Å². The molecule has 8 nitrogen and oxygen atoms in total. The highest BCUT2D eigenvalue weighted by molar-refractivity contribution is 7.92. The quantitative estimate of drug-likeness (QED) is 0.562. The minimum atomic E-state index is -3.72. The van der Waals surface area contributed by atoms with Gasteiger partial charge in [0.25, 0.3) is 15.9 Å². The highest BCUT2D eigenvalue weighted by Gasteiger charge is 2.17. The number of nitrogens with zero attached hydrogens (tertiary/aromatic N) is 3. The summed E-state index contributed by atoms with van der Waals surface area (Å²) in [6.45, 7) is 7.65. The number of sulfonamides is 1. The minimum absolute atomic E-state index is 0.199. The van der Waals surface area contributed by atoms with Gasteiger partial charge in [-0.05, 0) is 80.6 Å². The van der Waals surface area contributed by atoms with Gasteiger partial charge in [-0.25, -0.2) is 13.4 Å². The van der Waals surface area contributed by atoms with Crippen LogP contribution < -0.4 is 14.9 Å². The van der Waals surface area contributed by atoms with E-state index in [1.165, 1.54) is 0 Å². The van der Waals surface area contributed by atoms with Crippen molar-refractivity contribution in [3.05, 3.63) is 77.5 Å². The van der Waals surface area contributed by atoms with E-state index < -0.39 is 10.0 Å². The van der Waals surface area contributed by atoms with Crippen molar-refractivity contribution >= 4 is 33.1 Å². The van der Waals surface area contributed by atoms with Crippen LogP contribution in [0.5, 0.6) is 0 Å². The first-order valence-electron chi connectivity index (χ1n) is 11.1. The lowest BCUT2D eigenvalue weighted by Gasteiger charge is -2.33. The zero-order chi connectivity index (χ0) is 24.3. The number of rotatable bonds is 6. The molecule has 0 unspecified atom stereocenters. The largest absolute Gasteiger partial charge is 0.354 e. The number of likely N-dealkylation sites (N-methyl/N-ethyl adjacent to an activating group) is 1. The number of anilines is 3. The van der Waals surface area contributed by atoms with E-state index in [4.69, 9.17) is 0 Å². The Hall–Kier alpha value is -3.43. The number of hydrogen-bond donors (Lipinski definition) is 2. The van der Waals surface area contributed by atoms with Crippen LogP contribution in [0.2, 0.25) is 0 Å². The normalized spacial score (nSPS) is 14.6. The zero-order valence-corrected chi connectivity index (χ0v) is 20.4. The molecule has 1 amide bonds. The number of carbonyl (C=O) groups excluding carboxylic acids is 1. The standard InChI is InChI=1S/C25H29N5O3S/c1-18-4-10-23(16-19(18)2)34(32,33)28-21-7-5-20(6-8-21)25(31)27-22-9-11-24(26-17-22)30-14-12-29(3)13-15-30/h4-11,16-17,28H,12-15H2,1-3H3,(H,27,31). The maximum absolute atomic E-state index is 12.7. The fraction of sp³-hybridized carbons (Fsp3) is 0.280. The third kappa shape index (κ3) is 5.55. The van der Waals surface area contributed by atoms with Gasteiger partial charge in [0.2, 0.25) is 0 Å². The van der Waals surface area contributed by atoms with Crippen LogP contribution in [0.25, 0.3) is 0 Å². The molecule has 0 bridgehead atoms. The summed E-state index contributed by atoms with van der Waals surface area (Å²) in [5, 5.41) is 2.83. The van der Waals surface area contributed by atoms with E-state index in [-0.39, 0.29) is 10.8 Å². The lowest BCUT2D eigenvalue weighted by Crippen LogP contribution is -2.44. The zero-order valence-electron chi connectivity index (χ0n) is 19.6.